The maximum absolute atomic E-state index is 11.7. The zero-order valence-corrected chi connectivity index (χ0v) is 8.69. The van der Waals surface area contributed by atoms with Crippen LogP contribution in [0.5, 0.6) is 5.75 Å². The van der Waals surface area contributed by atoms with Crippen LogP contribution in [-0.4, -0.2) is 16.9 Å². The van der Waals surface area contributed by atoms with E-state index in [1.54, 1.807) is 0 Å². The van der Waals surface area contributed by atoms with Gasteiger partial charge in [-0.3, -0.25) is 4.79 Å². The van der Waals surface area contributed by atoms with Crippen molar-refractivity contribution < 1.29 is 19.5 Å². The summed E-state index contributed by atoms with van der Waals surface area (Å²) < 4.78 is 0. The quantitative estimate of drug-likeness (QED) is 0.455. The Labute approximate surface area is 92.1 Å². The van der Waals surface area contributed by atoms with Gasteiger partial charge in [-0.05, 0) is 24.6 Å². The van der Waals surface area contributed by atoms with Gasteiger partial charge in [-0.15, -0.1) is 0 Å². The third-order valence-electron chi connectivity index (χ3n) is 2.00. The molecule has 0 radical (unpaired) electrons. The molecule has 0 fully saturated rings. The predicted octanol–water partition coefficient (Wildman–Crippen LogP) is 1.40. The highest BCUT2D eigenvalue weighted by molar-refractivity contribution is 6.11. The lowest BCUT2D eigenvalue weighted by molar-refractivity contribution is 0.0692. The van der Waals surface area contributed by atoms with Crippen molar-refractivity contribution in [2.45, 2.75) is 6.92 Å². The van der Waals surface area contributed by atoms with Crippen LogP contribution >= 0.6 is 0 Å². The molecule has 0 amide bonds. The lowest BCUT2D eigenvalue weighted by Crippen LogP contribution is -2.13. The molecule has 0 spiro atoms. The minimum atomic E-state index is -1.21. The highest BCUT2D eigenvalue weighted by atomic mass is 16.6. The average molecular weight is 221 g/mol. The smallest absolute Gasteiger partial charge is 0.339 e. The van der Waals surface area contributed by atoms with E-state index in [9.17, 15) is 9.59 Å². The van der Waals surface area contributed by atoms with E-state index in [0.717, 1.165) is 0 Å². The monoisotopic (exact) mass is 221 g/mol. The normalized spacial score (nSPS) is 9.62. The molecular weight excluding hydrogens is 210 g/mol. The van der Waals surface area contributed by atoms with Crippen LogP contribution in [0.2, 0.25) is 0 Å². The number of hydrogen-bond donors (Lipinski definition) is 2. The molecule has 0 bridgehead atoms. The summed E-state index contributed by atoms with van der Waals surface area (Å²) >= 11 is 0. The number of carboxylic acid groups (broad SMARTS) is 1. The Hall–Kier alpha value is -2.14. The van der Waals surface area contributed by atoms with Crippen molar-refractivity contribution in [1.29, 1.82) is 0 Å². The number of allylic oxidation sites excluding steroid dienone is 1. The molecule has 3 N–H and O–H groups in total. The number of carboxylic acids is 1. The Morgan fingerprint density at radius 2 is 1.94 bits per heavy atom. The van der Waals surface area contributed by atoms with E-state index < -0.39 is 11.8 Å². The minimum Gasteiger partial charge on any atom is -0.478 e. The van der Waals surface area contributed by atoms with E-state index in [-0.39, 0.29) is 22.4 Å². The van der Waals surface area contributed by atoms with Crippen molar-refractivity contribution in [2.75, 3.05) is 0 Å². The van der Waals surface area contributed by atoms with E-state index in [1.165, 1.54) is 25.1 Å². The molecule has 5 nitrogen and oxygen atoms in total. The molecule has 0 heterocycles. The fraction of sp³-hybridized carbons (Fsp3) is 0.0909. The summed E-state index contributed by atoms with van der Waals surface area (Å²) in [5, 5.41) is 8.87. The molecule has 1 rings (SSSR count). The van der Waals surface area contributed by atoms with Crippen molar-refractivity contribution in [3.05, 3.63) is 41.5 Å². The number of benzene rings is 1. The molecule has 16 heavy (non-hydrogen) atoms. The van der Waals surface area contributed by atoms with E-state index in [1.807, 2.05) is 0 Å². The second-order valence-electron chi connectivity index (χ2n) is 3.21. The fourth-order valence-electron chi connectivity index (χ4n) is 1.24. The minimum absolute atomic E-state index is 0.0925. The van der Waals surface area contributed by atoms with Gasteiger partial charge in [-0.2, -0.15) is 5.90 Å². The number of ketones is 1. The third kappa shape index (κ3) is 2.09. The molecule has 1 aromatic rings. The highest BCUT2D eigenvalue weighted by Crippen LogP contribution is 2.25. The summed E-state index contributed by atoms with van der Waals surface area (Å²) in [6.45, 7) is 5.01. The first-order chi connectivity index (χ1) is 7.49. The first-order valence-electron chi connectivity index (χ1n) is 4.42. The van der Waals surface area contributed by atoms with Gasteiger partial charge in [0.25, 0.3) is 0 Å². The number of hydrogen-bond acceptors (Lipinski definition) is 4. The van der Waals surface area contributed by atoms with E-state index in [4.69, 9.17) is 11.0 Å². The van der Waals surface area contributed by atoms with Crippen molar-refractivity contribution >= 4 is 11.8 Å². The molecule has 84 valence electrons. The molecular formula is C11H11NO4. The Bertz CT molecular complexity index is 465. The molecule has 0 atom stereocenters. The number of Topliss-reactive ketones (excluding diaryl/α,β-unsaturated/α-hetero) is 1. The fourth-order valence-corrected chi connectivity index (χ4v) is 1.24. The summed E-state index contributed by atoms with van der Waals surface area (Å²) in [4.78, 5) is 27.0. The maximum atomic E-state index is 11.7. The Morgan fingerprint density at radius 1 is 1.38 bits per heavy atom. The van der Waals surface area contributed by atoms with Crippen molar-refractivity contribution in [3.63, 3.8) is 0 Å². The van der Waals surface area contributed by atoms with Gasteiger partial charge in [0.1, 0.15) is 5.56 Å². The predicted molar refractivity (Wildman–Crippen MR) is 57.4 cm³/mol. The van der Waals surface area contributed by atoms with Gasteiger partial charge >= 0.3 is 5.97 Å². The average Bonchev–Trinajstić information content (AvgIpc) is 2.26. The Balaban J connectivity index is 3.41. The van der Waals surface area contributed by atoms with Crippen molar-refractivity contribution in [1.82, 2.24) is 0 Å². The van der Waals surface area contributed by atoms with Crippen LogP contribution in [0.3, 0.4) is 0 Å². The molecule has 0 saturated heterocycles. The number of para-hydroxylation sites is 1. The number of carbonyl (C=O) groups excluding carboxylic acids is 1. The molecule has 0 saturated carbocycles. The molecule has 5 heteroatoms. The topological polar surface area (TPSA) is 89.6 Å². The standard InChI is InChI=1S/C11H11NO4/c1-6(2)9(13)7-4-3-5-8(11(14)15)10(7)16-12/h3-5H,1,12H2,2H3,(H,14,15). The highest BCUT2D eigenvalue weighted by Gasteiger charge is 2.20. The van der Waals surface area contributed by atoms with E-state index in [2.05, 4.69) is 11.4 Å². The van der Waals surface area contributed by atoms with Gasteiger partial charge in [0.2, 0.25) is 0 Å². The Morgan fingerprint density at radius 3 is 2.38 bits per heavy atom. The van der Waals surface area contributed by atoms with Crippen LogP contribution in [-0.2, 0) is 0 Å². The zero-order valence-electron chi connectivity index (χ0n) is 8.69. The van der Waals surface area contributed by atoms with E-state index in [0.29, 0.717) is 0 Å². The first-order valence-corrected chi connectivity index (χ1v) is 4.42. The number of nitrogens with two attached hydrogens (primary N) is 1. The third-order valence-corrected chi connectivity index (χ3v) is 2.00. The maximum Gasteiger partial charge on any atom is 0.339 e. The largest absolute Gasteiger partial charge is 0.478 e. The van der Waals surface area contributed by atoms with Crippen LogP contribution < -0.4 is 10.7 Å². The SMILES string of the molecule is C=C(C)C(=O)c1cccc(C(=O)O)c1ON. The summed E-state index contributed by atoms with van der Waals surface area (Å²) in [5.74, 6) is 3.22. The van der Waals surface area contributed by atoms with E-state index >= 15 is 0 Å². The molecule has 0 unspecified atom stereocenters. The van der Waals surface area contributed by atoms with Gasteiger partial charge in [0.15, 0.2) is 11.5 Å². The van der Waals surface area contributed by atoms with Crippen LogP contribution in [0.4, 0.5) is 0 Å². The second-order valence-corrected chi connectivity index (χ2v) is 3.21. The van der Waals surface area contributed by atoms with Crippen molar-refractivity contribution in [2.24, 2.45) is 5.90 Å². The summed E-state index contributed by atoms with van der Waals surface area (Å²) in [7, 11) is 0. The zero-order chi connectivity index (χ0) is 12.3. The molecule has 0 aliphatic heterocycles. The van der Waals surface area contributed by atoms with Crippen LogP contribution in [0.15, 0.2) is 30.4 Å². The van der Waals surface area contributed by atoms with Crippen LogP contribution in [0.25, 0.3) is 0 Å². The second kappa shape index (κ2) is 4.59. The molecule has 1 aromatic carbocycles. The first kappa shape index (κ1) is 11.9. The summed E-state index contributed by atoms with van der Waals surface area (Å²) in [5.41, 5.74) is 0.213. The molecule has 0 aliphatic carbocycles. The van der Waals surface area contributed by atoms with Crippen LogP contribution in [0.1, 0.15) is 27.6 Å². The summed E-state index contributed by atoms with van der Waals surface area (Å²) in [6, 6.07) is 4.19. The summed E-state index contributed by atoms with van der Waals surface area (Å²) in [6.07, 6.45) is 0. The van der Waals surface area contributed by atoms with Gasteiger partial charge in [-0.1, -0.05) is 12.6 Å². The van der Waals surface area contributed by atoms with Crippen LogP contribution in [0, 0.1) is 0 Å². The van der Waals surface area contributed by atoms with Gasteiger partial charge in [-0.25, -0.2) is 4.79 Å². The number of carbonyl (C=O) groups is 2. The number of rotatable bonds is 4. The van der Waals surface area contributed by atoms with Crippen molar-refractivity contribution in [3.8, 4) is 5.75 Å². The lowest BCUT2D eigenvalue weighted by atomic mass is 10.0. The Kier molecular flexibility index (Phi) is 3.42. The molecule has 0 aromatic heterocycles. The van der Waals surface area contributed by atoms with Gasteiger partial charge in [0.05, 0.1) is 5.56 Å². The van der Waals surface area contributed by atoms with Gasteiger partial charge in [0, 0.05) is 0 Å². The van der Waals surface area contributed by atoms with Gasteiger partial charge < -0.3 is 9.94 Å². The number of aromatic carboxylic acids is 1. The lowest BCUT2D eigenvalue weighted by Gasteiger charge is -2.09. The molecule has 0 aliphatic rings.